The van der Waals surface area contributed by atoms with Crippen LogP contribution in [0.2, 0.25) is 5.02 Å². The molecular formula is C21H22ClN3O4S. The number of nitrogens with one attached hydrogen (secondary N) is 1. The highest BCUT2D eigenvalue weighted by molar-refractivity contribution is 7.92. The van der Waals surface area contributed by atoms with Crippen LogP contribution in [0.3, 0.4) is 0 Å². The number of rotatable bonds is 6. The van der Waals surface area contributed by atoms with E-state index in [-0.39, 0.29) is 28.5 Å². The SMILES string of the molecule is C[S@@+]([O-])C1(CN2CCn3c(ccc(C(=O)NCc4ccc(Cl)cc4)c3=O)C2=O)CC1. The van der Waals surface area contributed by atoms with E-state index in [9.17, 15) is 18.9 Å². The van der Waals surface area contributed by atoms with E-state index in [0.717, 1.165) is 18.4 Å². The van der Waals surface area contributed by atoms with Crippen molar-refractivity contribution in [3.05, 3.63) is 68.6 Å². The van der Waals surface area contributed by atoms with Gasteiger partial charge in [0, 0.05) is 37.5 Å². The summed E-state index contributed by atoms with van der Waals surface area (Å²) in [4.78, 5) is 39.9. The third-order valence-electron chi connectivity index (χ3n) is 5.78. The molecule has 158 valence electrons. The molecule has 2 aliphatic rings. The van der Waals surface area contributed by atoms with Gasteiger partial charge in [-0.05, 0) is 41.0 Å². The van der Waals surface area contributed by atoms with E-state index in [1.807, 2.05) is 0 Å². The molecule has 0 saturated heterocycles. The second-order valence-electron chi connectivity index (χ2n) is 7.76. The topological polar surface area (TPSA) is 94.5 Å². The minimum Gasteiger partial charge on any atom is -0.616 e. The van der Waals surface area contributed by atoms with E-state index in [1.165, 1.54) is 16.7 Å². The van der Waals surface area contributed by atoms with Gasteiger partial charge >= 0.3 is 0 Å². The molecule has 7 nitrogen and oxygen atoms in total. The van der Waals surface area contributed by atoms with E-state index in [0.29, 0.717) is 24.7 Å². The highest BCUT2D eigenvalue weighted by atomic mass is 35.5. The molecule has 0 radical (unpaired) electrons. The molecule has 0 unspecified atom stereocenters. The molecule has 2 aromatic rings. The Morgan fingerprint density at radius 3 is 2.50 bits per heavy atom. The first-order valence-corrected chi connectivity index (χ1v) is 11.6. The Labute approximate surface area is 182 Å². The zero-order valence-corrected chi connectivity index (χ0v) is 18.1. The molecule has 1 aliphatic heterocycles. The Morgan fingerprint density at radius 1 is 1.17 bits per heavy atom. The van der Waals surface area contributed by atoms with Gasteiger partial charge in [-0.15, -0.1) is 0 Å². The van der Waals surface area contributed by atoms with E-state index in [1.54, 1.807) is 35.4 Å². The molecule has 1 saturated carbocycles. The summed E-state index contributed by atoms with van der Waals surface area (Å²) in [5.74, 6) is -0.748. The average Bonchev–Trinajstić information content (AvgIpc) is 3.51. The number of halogens is 1. The number of pyridine rings is 1. The molecule has 0 bridgehead atoms. The van der Waals surface area contributed by atoms with Crippen molar-refractivity contribution in [1.82, 2.24) is 14.8 Å². The molecule has 2 amide bonds. The number of fused-ring (bicyclic) bond motifs is 1. The van der Waals surface area contributed by atoms with Gasteiger partial charge in [-0.3, -0.25) is 14.4 Å². The van der Waals surface area contributed by atoms with Crippen molar-refractivity contribution >= 4 is 34.6 Å². The van der Waals surface area contributed by atoms with Crippen LogP contribution in [0.15, 0.2) is 41.2 Å². The summed E-state index contributed by atoms with van der Waals surface area (Å²) >= 11 is 4.86. The van der Waals surface area contributed by atoms with Gasteiger partial charge in [0.25, 0.3) is 17.4 Å². The van der Waals surface area contributed by atoms with Crippen LogP contribution in [-0.2, 0) is 24.3 Å². The van der Waals surface area contributed by atoms with E-state index >= 15 is 0 Å². The fourth-order valence-electron chi connectivity index (χ4n) is 3.70. The Balaban J connectivity index is 1.48. The van der Waals surface area contributed by atoms with Gasteiger partial charge in [-0.1, -0.05) is 23.7 Å². The summed E-state index contributed by atoms with van der Waals surface area (Å²) in [6.07, 6.45) is 3.37. The molecule has 1 N–H and O–H groups in total. The number of carbonyl (C=O) groups is 2. The van der Waals surface area contributed by atoms with Crippen LogP contribution in [0.4, 0.5) is 0 Å². The van der Waals surface area contributed by atoms with Crippen molar-refractivity contribution in [3.8, 4) is 0 Å². The van der Waals surface area contributed by atoms with Crippen molar-refractivity contribution in [2.24, 2.45) is 0 Å². The van der Waals surface area contributed by atoms with E-state index < -0.39 is 22.6 Å². The molecule has 1 aromatic carbocycles. The third kappa shape index (κ3) is 3.99. The third-order valence-corrected chi connectivity index (χ3v) is 7.79. The summed E-state index contributed by atoms with van der Waals surface area (Å²) in [5.41, 5.74) is 0.647. The number of amides is 2. The molecule has 4 rings (SSSR count). The highest BCUT2D eigenvalue weighted by Crippen LogP contribution is 2.44. The normalized spacial score (nSPS) is 18.0. The first-order valence-electron chi connectivity index (χ1n) is 9.70. The predicted octanol–water partition coefficient (Wildman–Crippen LogP) is 1.80. The highest BCUT2D eigenvalue weighted by Gasteiger charge is 2.54. The van der Waals surface area contributed by atoms with Crippen molar-refractivity contribution < 1.29 is 14.1 Å². The Kier molecular flexibility index (Phi) is 5.65. The van der Waals surface area contributed by atoms with Crippen LogP contribution < -0.4 is 10.9 Å². The Morgan fingerprint density at radius 2 is 1.87 bits per heavy atom. The largest absolute Gasteiger partial charge is 0.616 e. The van der Waals surface area contributed by atoms with Gasteiger partial charge in [-0.25, -0.2) is 0 Å². The second-order valence-corrected chi connectivity index (χ2v) is 9.97. The van der Waals surface area contributed by atoms with E-state index in [2.05, 4.69) is 5.32 Å². The zero-order valence-electron chi connectivity index (χ0n) is 16.5. The first-order chi connectivity index (χ1) is 14.3. The van der Waals surface area contributed by atoms with Crippen molar-refractivity contribution in [1.29, 1.82) is 0 Å². The van der Waals surface area contributed by atoms with Crippen LogP contribution in [0, 0.1) is 0 Å². The summed E-state index contributed by atoms with van der Waals surface area (Å²) < 4.78 is 13.0. The van der Waals surface area contributed by atoms with Crippen LogP contribution >= 0.6 is 11.6 Å². The lowest BCUT2D eigenvalue weighted by atomic mass is 10.1. The van der Waals surface area contributed by atoms with Gasteiger partial charge < -0.3 is 19.3 Å². The minimum atomic E-state index is -0.996. The number of nitrogens with zero attached hydrogens (tertiary/aromatic N) is 2. The van der Waals surface area contributed by atoms with Crippen molar-refractivity contribution in [2.75, 3.05) is 19.3 Å². The molecule has 2 heterocycles. The second kappa shape index (κ2) is 8.09. The molecule has 1 atom stereocenters. The monoisotopic (exact) mass is 447 g/mol. The molecule has 1 aromatic heterocycles. The summed E-state index contributed by atoms with van der Waals surface area (Å²) in [6, 6.07) is 9.98. The smallest absolute Gasteiger partial charge is 0.270 e. The molecule has 1 fully saturated rings. The predicted molar refractivity (Wildman–Crippen MR) is 115 cm³/mol. The summed E-state index contributed by atoms with van der Waals surface area (Å²) in [5, 5.41) is 3.34. The maximum Gasteiger partial charge on any atom is 0.270 e. The van der Waals surface area contributed by atoms with Gasteiger partial charge in [0.15, 0.2) is 0 Å². The average molecular weight is 448 g/mol. The maximum atomic E-state index is 12.9. The minimum absolute atomic E-state index is 0.00212. The van der Waals surface area contributed by atoms with Gasteiger partial charge in [0.05, 0.1) is 12.8 Å². The van der Waals surface area contributed by atoms with Gasteiger partial charge in [0.2, 0.25) is 0 Å². The lowest BCUT2D eigenvalue weighted by molar-refractivity contribution is 0.0695. The van der Waals surface area contributed by atoms with Crippen LogP contribution in [0.25, 0.3) is 0 Å². The maximum absolute atomic E-state index is 12.9. The Bertz CT molecular complexity index is 1050. The van der Waals surface area contributed by atoms with Crippen LogP contribution in [0.1, 0.15) is 39.3 Å². The van der Waals surface area contributed by atoms with E-state index in [4.69, 9.17) is 11.6 Å². The lowest BCUT2D eigenvalue weighted by Crippen LogP contribution is -2.49. The van der Waals surface area contributed by atoms with Crippen LogP contribution in [-0.4, -0.2) is 49.9 Å². The number of benzene rings is 1. The first kappa shape index (κ1) is 21.0. The fourth-order valence-corrected chi connectivity index (χ4v) is 4.84. The number of hydrogen-bond donors (Lipinski definition) is 1. The summed E-state index contributed by atoms with van der Waals surface area (Å²) in [6.45, 7) is 1.37. The number of aromatic nitrogens is 1. The summed E-state index contributed by atoms with van der Waals surface area (Å²) in [7, 11) is 0. The van der Waals surface area contributed by atoms with Crippen molar-refractivity contribution in [3.63, 3.8) is 0 Å². The van der Waals surface area contributed by atoms with Gasteiger partial charge in [0.1, 0.15) is 16.0 Å². The fraction of sp³-hybridized carbons (Fsp3) is 0.381. The van der Waals surface area contributed by atoms with Crippen LogP contribution in [0.5, 0.6) is 0 Å². The zero-order chi connectivity index (χ0) is 21.5. The molecular weight excluding hydrogens is 426 g/mol. The molecule has 9 heteroatoms. The van der Waals surface area contributed by atoms with Gasteiger partial charge in [-0.2, -0.15) is 0 Å². The molecule has 1 aliphatic carbocycles. The quantitative estimate of drug-likeness (QED) is 0.683. The standard InChI is InChI=1S/C21H22ClN3O4S/c1-30(29)21(8-9-21)13-24-10-11-25-17(20(24)28)7-6-16(19(25)27)18(26)23-12-14-2-4-15(22)5-3-14/h2-7H,8-13H2,1H3,(H,23,26)/t30-/m1/s1. The molecule has 30 heavy (non-hydrogen) atoms. The number of hydrogen-bond acceptors (Lipinski definition) is 4. The van der Waals surface area contributed by atoms with Crippen molar-refractivity contribution in [2.45, 2.75) is 30.7 Å². The molecule has 0 spiro atoms. The lowest BCUT2D eigenvalue weighted by Gasteiger charge is -2.32. The Hall–Kier alpha value is -2.29. The number of carbonyl (C=O) groups excluding carboxylic acids is 2.